The summed E-state index contributed by atoms with van der Waals surface area (Å²) >= 11 is 5.81. The lowest BCUT2D eigenvalue weighted by Crippen LogP contribution is -2.24. The van der Waals surface area contributed by atoms with Crippen molar-refractivity contribution in [2.75, 3.05) is 0 Å². The molecule has 2 aromatic carbocycles. The third-order valence-corrected chi connectivity index (χ3v) is 3.50. The number of rotatable bonds is 4. The summed E-state index contributed by atoms with van der Waals surface area (Å²) in [6.07, 6.45) is 0.294. The molecule has 0 saturated heterocycles. The first-order chi connectivity index (χ1) is 10.6. The van der Waals surface area contributed by atoms with Crippen LogP contribution >= 0.6 is 11.6 Å². The number of fused-ring (bicyclic) bond motifs is 1. The maximum Gasteiger partial charge on any atom is 0.417 e. The summed E-state index contributed by atoms with van der Waals surface area (Å²) in [7, 11) is 0. The van der Waals surface area contributed by atoms with Gasteiger partial charge >= 0.3 is 5.76 Å². The van der Waals surface area contributed by atoms with Crippen molar-refractivity contribution in [3.63, 3.8) is 0 Å². The molecule has 3 rings (SSSR count). The van der Waals surface area contributed by atoms with Crippen molar-refractivity contribution in [2.45, 2.75) is 13.0 Å². The Balaban J connectivity index is 1.61. The van der Waals surface area contributed by atoms with E-state index in [9.17, 15) is 9.59 Å². The summed E-state index contributed by atoms with van der Waals surface area (Å²) in [6, 6.07) is 12.5. The van der Waals surface area contributed by atoms with Crippen LogP contribution in [0.4, 0.5) is 0 Å². The van der Waals surface area contributed by atoms with Gasteiger partial charge in [-0.15, -0.1) is 0 Å². The Hall–Kier alpha value is -2.53. The molecule has 3 aromatic rings. The first kappa shape index (κ1) is 14.4. The van der Waals surface area contributed by atoms with Crippen LogP contribution in [-0.4, -0.2) is 10.9 Å². The molecule has 6 heteroatoms. The molecule has 0 aliphatic carbocycles. The zero-order chi connectivity index (χ0) is 15.5. The molecule has 1 aromatic heterocycles. The van der Waals surface area contributed by atoms with E-state index >= 15 is 0 Å². The molecule has 0 radical (unpaired) electrons. The van der Waals surface area contributed by atoms with Crippen molar-refractivity contribution in [3.05, 3.63) is 69.2 Å². The van der Waals surface area contributed by atoms with E-state index < -0.39 is 5.76 Å². The number of amides is 1. The fraction of sp³-hybridized carbons (Fsp3) is 0.125. The maximum atomic E-state index is 11.9. The number of carbonyl (C=O) groups excluding carboxylic acids is 1. The summed E-state index contributed by atoms with van der Waals surface area (Å²) in [4.78, 5) is 25.6. The van der Waals surface area contributed by atoms with Gasteiger partial charge in [0, 0.05) is 11.6 Å². The lowest BCUT2D eigenvalue weighted by Gasteiger charge is -2.05. The molecule has 5 nitrogen and oxygen atoms in total. The van der Waals surface area contributed by atoms with Gasteiger partial charge in [-0.05, 0) is 35.4 Å². The minimum absolute atomic E-state index is 0.0805. The number of aromatic nitrogens is 1. The van der Waals surface area contributed by atoms with Crippen LogP contribution in [0.2, 0.25) is 5.02 Å². The molecule has 1 amide bonds. The largest absolute Gasteiger partial charge is 0.417 e. The number of oxazole rings is 1. The van der Waals surface area contributed by atoms with Crippen LogP contribution < -0.4 is 11.1 Å². The first-order valence-corrected chi connectivity index (χ1v) is 7.11. The van der Waals surface area contributed by atoms with Gasteiger partial charge < -0.3 is 9.73 Å². The summed E-state index contributed by atoms with van der Waals surface area (Å²) in [5.41, 5.74) is 2.90. The fourth-order valence-corrected chi connectivity index (χ4v) is 2.29. The van der Waals surface area contributed by atoms with E-state index in [1.165, 1.54) is 0 Å². The van der Waals surface area contributed by atoms with Crippen LogP contribution in [0.3, 0.4) is 0 Å². The number of hydrogen-bond acceptors (Lipinski definition) is 3. The molecule has 112 valence electrons. The Morgan fingerprint density at radius 3 is 2.64 bits per heavy atom. The van der Waals surface area contributed by atoms with Gasteiger partial charge in [0.1, 0.15) is 0 Å². The SMILES string of the molecule is O=C(Cc1ccc(Cl)cc1)NCc1ccc2oc(=O)[nH]c2c1. The van der Waals surface area contributed by atoms with Gasteiger partial charge in [0.2, 0.25) is 5.91 Å². The van der Waals surface area contributed by atoms with Crippen molar-refractivity contribution < 1.29 is 9.21 Å². The van der Waals surface area contributed by atoms with Crippen LogP contribution in [0, 0.1) is 0 Å². The van der Waals surface area contributed by atoms with E-state index in [2.05, 4.69) is 10.3 Å². The van der Waals surface area contributed by atoms with Gasteiger partial charge in [-0.25, -0.2) is 4.79 Å². The zero-order valence-electron chi connectivity index (χ0n) is 11.6. The summed E-state index contributed by atoms with van der Waals surface area (Å²) in [5.74, 6) is -0.568. The monoisotopic (exact) mass is 316 g/mol. The van der Waals surface area contributed by atoms with Crippen LogP contribution in [-0.2, 0) is 17.8 Å². The summed E-state index contributed by atoms with van der Waals surface area (Å²) in [6.45, 7) is 0.384. The number of halogens is 1. The summed E-state index contributed by atoms with van der Waals surface area (Å²) in [5, 5.41) is 3.48. The van der Waals surface area contributed by atoms with Crippen molar-refractivity contribution in [1.82, 2.24) is 10.3 Å². The quantitative estimate of drug-likeness (QED) is 0.777. The molecular formula is C16H13ClN2O3. The van der Waals surface area contributed by atoms with Crippen LogP contribution in [0.1, 0.15) is 11.1 Å². The molecule has 2 N–H and O–H groups in total. The molecular weight excluding hydrogens is 304 g/mol. The highest BCUT2D eigenvalue weighted by molar-refractivity contribution is 6.30. The van der Waals surface area contributed by atoms with Gasteiger partial charge in [0.25, 0.3) is 0 Å². The second-order valence-corrected chi connectivity index (χ2v) is 5.36. The third-order valence-electron chi connectivity index (χ3n) is 3.25. The number of carbonyl (C=O) groups is 1. The predicted molar refractivity (Wildman–Crippen MR) is 83.8 cm³/mol. The highest BCUT2D eigenvalue weighted by Gasteiger charge is 2.05. The topological polar surface area (TPSA) is 75.1 Å². The van der Waals surface area contributed by atoms with E-state index in [1.54, 1.807) is 24.3 Å². The molecule has 0 bridgehead atoms. The summed E-state index contributed by atoms with van der Waals surface area (Å²) < 4.78 is 4.93. The average Bonchev–Trinajstić information content (AvgIpc) is 2.87. The number of H-pyrrole nitrogens is 1. The van der Waals surface area contributed by atoms with Gasteiger partial charge in [-0.1, -0.05) is 29.8 Å². The van der Waals surface area contributed by atoms with Crippen molar-refractivity contribution in [2.24, 2.45) is 0 Å². The number of benzene rings is 2. The minimum Gasteiger partial charge on any atom is -0.408 e. The Bertz CT molecular complexity index is 865. The standard InChI is InChI=1S/C16H13ClN2O3/c17-12-4-1-10(2-5-12)8-15(20)18-9-11-3-6-14-13(7-11)19-16(21)22-14/h1-7H,8-9H2,(H,18,20)(H,19,21). The van der Waals surface area contributed by atoms with Crippen molar-refractivity contribution in [1.29, 1.82) is 0 Å². The highest BCUT2D eigenvalue weighted by Crippen LogP contribution is 2.12. The molecule has 0 saturated carbocycles. The van der Waals surface area contributed by atoms with Crippen molar-refractivity contribution in [3.8, 4) is 0 Å². The van der Waals surface area contributed by atoms with Crippen LogP contribution in [0.15, 0.2) is 51.7 Å². The number of nitrogens with one attached hydrogen (secondary N) is 2. The molecule has 0 unspecified atom stereocenters. The lowest BCUT2D eigenvalue weighted by molar-refractivity contribution is -0.120. The van der Waals surface area contributed by atoms with Crippen LogP contribution in [0.25, 0.3) is 11.1 Å². The van der Waals surface area contributed by atoms with Crippen molar-refractivity contribution >= 4 is 28.6 Å². The van der Waals surface area contributed by atoms with E-state index in [-0.39, 0.29) is 5.91 Å². The van der Waals surface area contributed by atoms with Crippen LogP contribution in [0.5, 0.6) is 0 Å². The molecule has 0 atom stereocenters. The fourth-order valence-electron chi connectivity index (χ4n) is 2.16. The average molecular weight is 317 g/mol. The van der Waals surface area contributed by atoms with E-state index in [0.717, 1.165) is 11.1 Å². The third kappa shape index (κ3) is 3.38. The van der Waals surface area contributed by atoms with E-state index in [1.807, 2.05) is 18.2 Å². The number of hydrogen-bond donors (Lipinski definition) is 2. The van der Waals surface area contributed by atoms with Gasteiger partial charge in [0.15, 0.2) is 5.58 Å². The Kier molecular flexibility index (Phi) is 3.98. The Morgan fingerprint density at radius 2 is 1.86 bits per heavy atom. The molecule has 22 heavy (non-hydrogen) atoms. The second kappa shape index (κ2) is 6.07. The maximum absolute atomic E-state index is 11.9. The Morgan fingerprint density at radius 1 is 1.14 bits per heavy atom. The molecule has 0 aliphatic heterocycles. The van der Waals surface area contributed by atoms with Gasteiger partial charge in [-0.2, -0.15) is 0 Å². The van der Waals surface area contributed by atoms with Gasteiger partial charge in [0.05, 0.1) is 11.9 Å². The zero-order valence-corrected chi connectivity index (χ0v) is 12.3. The minimum atomic E-state index is -0.487. The lowest BCUT2D eigenvalue weighted by atomic mass is 10.1. The normalized spacial score (nSPS) is 10.8. The predicted octanol–water partition coefficient (Wildman–Crippen LogP) is 2.63. The Labute approximate surface area is 130 Å². The molecule has 0 fully saturated rings. The van der Waals surface area contributed by atoms with E-state index in [0.29, 0.717) is 29.1 Å². The molecule has 1 heterocycles. The molecule has 0 aliphatic rings. The number of aromatic amines is 1. The molecule has 0 spiro atoms. The van der Waals surface area contributed by atoms with E-state index in [4.69, 9.17) is 16.0 Å². The first-order valence-electron chi connectivity index (χ1n) is 6.73. The van der Waals surface area contributed by atoms with Gasteiger partial charge in [-0.3, -0.25) is 9.78 Å². The smallest absolute Gasteiger partial charge is 0.408 e. The second-order valence-electron chi connectivity index (χ2n) is 4.93. The highest BCUT2D eigenvalue weighted by atomic mass is 35.5.